The summed E-state index contributed by atoms with van der Waals surface area (Å²) in [7, 11) is 0. The summed E-state index contributed by atoms with van der Waals surface area (Å²) in [4.78, 5) is 32.9. The number of nitrogens with zero attached hydrogens (tertiary/aromatic N) is 2. The van der Waals surface area contributed by atoms with Gasteiger partial charge in [0, 0.05) is 23.9 Å². The zero-order valence-corrected chi connectivity index (χ0v) is 13.1. The van der Waals surface area contributed by atoms with Crippen LogP contribution in [0, 0.1) is 20.2 Å². The summed E-state index contributed by atoms with van der Waals surface area (Å²) in [5.41, 5.74) is 0.375. The molecule has 0 saturated heterocycles. The summed E-state index contributed by atoms with van der Waals surface area (Å²) in [6.45, 7) is 0. The Morgan fingerprint density at radius 3 is 2.23 bits per heavy atom. The maximum absolute atomic E-state index is 12.2. The van der Waals surface area contributed by atoms with Crippen LogP contribution < -0.4 is 5.32 Å². The largest absolute Gasteiger partial charge is 0.451 e. The van der Waals surface area contributed by atoms with Gasteiger partial charge in [-0.2, -0.15) is 0 Å². The topological polar surface area (TPSA) is 129 Å². The van der Waals surface area contributed by atoms with E-state index in [2.05, 4.69) is 5.32 Å². The minimum atomic E-state index is -0.580. The molecule has 3 aromatic rings. The number of carbonyl (C=O) groups excluding carboxylic acids is 1. The minimum Gasteiger partial charge on any atom is -0.451 e. The van der Waals surface area contributed by atoms with E-state index in [1.807, 2.05) is 0 Å². The highest BCUT2D eigenvalue weighted by atomic mass is 16.6. The molecule has 2 aromatic carbocycles. The van der Waals surface area contributed by atoms with Gasteiger partial charge < -0.3 is 9.73 Å². The zero-order valence-electron chi connectivity index (χ0n) is 13.1. The normalized spacial score (nSPS) is 10.3. The van der Waals surface area contributed by atoms with Gasteiger partial charge in [-0.1, -0.05) is 12.1 Å². The molecule has 0 unspecified atom stereocenters. The van der Waals surface area contributed by atoms with Crippen LogP contribution in [0.25, 0.3) is 11.3 Å². The quantitative estimate of drug-likeness (QED) is 0.545. The lowest BCUT2D eigenvalue weighted by molar-refractivity contribution is -0.384. The summed E-state index contributed by atoms with van der Waals surface area (Å²) in [6, 6.07) is 14.2. The molecule has 3 rings (SSSR count). The molecule has 1 heterocycles. The van der Waals surface area contributed by atoms with E-state index in [1.165, 1.54) is 54.6 Å². The lowest BCUT2D eigenvalue weighted by Crippen LogP contribution is -2.10. The molecular weight excluding hydrogens is 342 g/mol. The van der Waals surface area contributed by atoms with Gasteiger partial charge in [0.05, 0.1) is 15.4 Å². The van der Waals surface area contributed by atoms with Crippen LogP contribution in [0.2, 0.25) is 0 Å². The Morgan fingerprint density at radius 2 is 1.58 bits per heavy atom. The number of rotatable bonds is 5. The van der Waals surface area contributed by atoms with E-state index in [1.54, 1.807) is 6.07 Å². The number of anilines is 1. The lowest BCUT2D eigenvalue weighted by atomic mass is 10.1. The zero-order chi connectivity index (χ0) is 18.7. The summed E-state index contributed by atoms with van der Waals surface area (Å²) in [6.07, 6.45) is 0. The molecule has 0 bridgehead atoms. The van der Waals surface area contributed by atoms with Crippen molar-refractivity contribution in [1.29, 1.82) is 0 Å². The fraction of sp³-hybridized carbons (Fsp3) is 0. The fourth-order valence-electron chi connectivity index (χ4n) is 2.31. The molecule has 26 heavy (non-hydrogen) atoms. The summed E-state index contributed by atoms with van der Waals surface area (Å²) < 4.78 is 5.43. The first kappa shape index (κ1) is 16.8. The van der Waals surface area contributed by atoms with Gasteiger partial charge in [-0.25, -0.2) is 0 Å². The molecule has 0 atom stereocenters. The number of carbonyl (C=O) groups is 1. The lowest BCUT2D eigenvalue weighted by Gasteiger charge is -2.03. The number of para-hydroxylation sites is 1. The number of furan rings is 1. The van der Waals surface area contributed by atoms with Crippen LogP contribution in [0.4, 0.5) is 17.1 Å². The third kappa shape index (κ3) is 3.41. The molecule has 130 valence electrons. The van der Waals surface area contributed by atoms with Crippen LogP contribution >= 0.6 is 0 Å². The fourth-order valence-corrected chi connectivity index (χ4v) is 2.31. The van der Waals surface area contributed by atoms with Gasteiger partial charge in [0.1, 0.15) is 5.76 Å². The molecule has 0 radical (unpaired) electrons. The third-order valence-corrected chi connectivity index (χ3v) is 3.53. The molecule has 0 aliphatic rings. The van der Waals surface area contributed by atoms with E-state index in [0.29, 0.717) is 5.69 Å². The van der Waals surface area contributed by atoms with E-state index in [4.69, 9.17) is 4.42 Å². The molecule has 0 spiro atoms. The van der Waals surface area contributed by atoms with E-state index < -0.39 is 15.8 Å². The number of non-ortho nitro benzene ring substituents is 1. The smallest absolute Gasteiger partial charge is 0.291 e. The van der Waals surface area contributed by atoms with Crippen molar-refractivity contribution in [3.8, 4) is 11.3 Å². The van der Waals surface area contributed by atoms with Crippen molar-refractivity contribution in [2.45, 2.75) is 0 Å². The number of nitro benzene ring substituents is 2. The number of nitrogens with one attached hydrogen (secondary N) is 1. The Balaban J connectivity index is 1.80. The van der Waals surface area contributed by atoms with Gasteiger partial charge in [-0.15, -0.1) is 0 Å². The van der Waals surface area contributed by atoms with Gasteiger partial charge in [-0.05, 0) is 30.3 Å². The molecule has 0 saturated carbocycles. The van der Waals surface area contributed by atoms with E-state index in [0.717, 1.165) is 0 Å². The molecule has 1 aromatic heterocycles. The minimum absolute atomic E-state index is 0.0449. The molecule has 1 N–H and O–H groups in total. The monoisotopic (exact) mass is 353 g/mol. The molecule has 1 amide bonds. The third-order valence-electron chi connectivity index (χ3n) is 3.53. The molecule has 0 fully saturated rings. The van der Waals surface area contributed by atoms with Gasteiger partial charge in [-0.3, -0.25) is 25.0 Å². The highest BCUT2D eigenvalue weighted by molar-refractivity contribution is 6.02. The summed E-state index contributed by atoms with van der Waals surface area (Å²) in [5.74, 6) is -0.439. The van der Waals surface area contributed by atoms with Crippen LogP contribution in [0.15, 0.2) is 65.1 Å². The maximum atomic E-state index is 12.2. The number of hydrogen-bond donors (Lipinski definition) is 1. The Bertz CT molecular complexity index is 994. The van der Waals surface area contributed by atoms with Crippen molar-refractivity contribution in [3.63, 3.8) is 0 Å². The van der Waals surface area contributed by atoms with Gasteiger partial charge in [0.25, 0.3) is 17.3 Å². The second kappa shape index (κ2) is 6.85. The van der Waals surface area contributed by atoms with Crippen molar-refractivity contribution in [2.24, 2.45) is 0 Å². The SMILES string of the molecule is O=C(Nc1ccc([N+](=O)[O-])cc1)c1ccc(-c2ccccc2[N+](=O)[O-])o1. The number of hydrogen-bond acceptors (Lipinski definition) is 6. The molecule has 9 heteroatoms. The summed E-state index contributed by atoms with van der Waals surface area (Å²) >= 11 is 0. The highest BCUT2D eigenvalue weighted by Gasteiger charge is 2.19. The average molecular weight is 353 g/mol. The molecular formula is C17H11N3O6. The maximum Gasteiger partial charge on any atom is 0.291 e. The van der Waals surface area contributed by atoms with Crippen molar-refractivity contribution < 1.29 is 19.1 Å². The standard InChI is InChI=1S/C17H11N3O6/c21-17(18-11-5-7-12(8-6-11)19(22)23)16-10-9-15(26-16)13-3-1-2-4-14(13)20(24)25/h1-10H,(H,18,21). The second-order valence-electron chi connectivity index (χ2n) is 5.20. The second-order valence-corrected chi connectivity index (χ2v) is 5.20. The summed E-state index contributed by atoms with van der Waals surface area (Å²) in [5, 5.41) is 24.3. The number of amides is 1. The Hall–Kier alpha value is -4.01. The van der Waals surface area contributed by atoms with Crippen LogP contribution in [0.3, 0.4) is 0 Å². The number of benzene rings is 2. The van der Waals surface area contributed by atoms with Gasteiger partial charge >= 0.3 is 0 Å². The molecule has 9 nitrogen and oxygen atoms in total. The molecule has 0 aliphatic carbocycles. The van der Waals surface area contributed by atoms with Crippen LogP contribution in [0.5, 0.6) is 0 Å². The first-order valence-corrected chi connectivity index (χ1v) is 7.35. The first-order chi connectivity index (χ1) is 12.5. The Kier molecular flexibility index (Phi) is 4.44. The van der Waals surface area contributed by atoms with Crippen LogP contribution in [0.1, 0.15) is 10.6 Å². The average Bonchev–Trinajstić information content (AvgIpc) is 3.12. The van der Waals surface area contributed by atoms with E-state index in [-0.39, 0.29) is 28.5 Å². The van der Waals surface area contributed by atoms with E-state index >= 15 is 0 Å². The van der Waals surface area contributed by atoms with Crippen LogP contribution in [-0.4, -0.2) is 15.8 Å². The van der Waals surface area contributed by atoms with Crippen molar-refractivity contribution in [1.82, 2.24) is 0 Å². The predicted octanol–water partition coefficient (Wildman–Crippen LogP) is 4.02. The van der Waals surface area contributed by atoms with Crippen molar-refractivity contribution in [3.05, 3.63) is 86.7 Å². The van der Waals surface area contributed by atoms with Crippen LogP contribution in [-0.2, 0) is 0 Å². The van der Waals surface area contributed by atoms with Gasteiger partial charge in [0.2, 0.25) is 0 Å². The Labute approximate surface area is 146 Å². The predicted molar refractivity (Wildman–Crippen MR) is 91.8 cm³/mol. The van der Waals surface area contributed by atoms with E-state index in [9.17, 15) is 25.0 Å². The van der Waals surface area contributed by atoms with Gasteiger partial charge in [0.15, 0.2) is 5.76 Å². The first-order valence-electron chi connectivity index (χ1n) is 7.35. The number of nitro groups is 2. The highest BCUT2D eigenvalue weighted by Crippen LogP contribution is 2.31. The Morgan fingerprint density at radius 1 is 0.885 bits per heavy atom. The van der Waals surface area contributed by atoms with Crippen molar-refractivity contribution in [2.75, 3.05) is 5.32 Å². The van der Waals surface area contributed by atoms with Crippen molar-refractivity contribution >= 4 is 23.0 Å². The molecule has 0 aliphatic heterocycles.